The van der Waals surface area contributed by atoms with E-state index < -0.39 is 0 Å². The molecule has 0 spiro atoms. The summed E-state index contributed by atoms with van der Waals surface area (Å²) < 4.78 is 5.95. The Morgan fingerprint density at radius 1 is 1.03 bits per heavy atom. The molecular formula is C27H29ClN4OS. The van der Waals surface area contributed by atoms with Crippen LogP contribution < -0.4 is 10.4 Å². The number of hydrogen-bond acceptors (Lipinski definition) is 3. The van der Waals surface area contributed by atoms with Crippen molar-refractivity contribution in [1.82, 2.24) is 13.9 Å². The molecule has 0 N–H and O–H groups in total. The van der Waals surface area contributed by atoms with Crippen LogP contribution >= 0.6 is 22.9 Å². The van der Waals surface area contributed by atoms with Crippen molar-refractivity contribution in [3.05, 3.63) is 85.8 Å². The van der Waals surface area contributed by atoms with E-state index in [0.29, 0.717) is 17.6 Å². The smallest absolute Gasteiger partial charge is 0.297 e. The van der Waals surface area contributed by atoms with E-state index in [9.17, 15) is 4.79 Å². The van der Waals surface area contributed by atoms with E-state index in [2.05, 4.69) is 29.0 Å². The maximum atomic E-state index is 13.5. The predicted molar refractivity (Wildman–Crippen MR) is 140 cm³/mol. The Bertz CT molecular complexity index is 1430. The highest BCUT2D eigenvalue weighted by Gasteiger charge is 2.26. The van der Waals surface area contributed by atoms with E-state index in [1.54, 1.807) is 16.0 Å². The SMILES string of the molecule is Cc1c(N=c2scc(-c3ccc(Cl)cc3)n2C2CCCCC2C)c(=O)n(-c2ccccc2)n1C. The van der Waals surface area contributed by atoms with Gasteiger partial charge in [0.25, 0.3) is 5.56 Å². The second-order valence-electron chi connectivity index (χ2n) is 9.13. The Morgan fingerprint density at radius 3 is 2.44 bits per heavy atom. The van der Waals surface area contributed by atoms with E-state index in [4.69, 9.17) is 16.6 Å². The van der Waals surface area contributed by atoms with Gasteiger partial charge in [0.05, 0.1) is 17.1 Å². The van der Waals surface area contributed by atoms with Crippen LogP contribution in [0.2, 0.25) is 5.02 Å². The Balaban J connectivity index is 1.71. The van der Waals surface area contributed by atoms with Gasteiger partial charge in [-0.2, -0.15) is 0 Å². The van der Waals surface area contributed by atoms with Crippen molar-refractivity contribution in [3.8, 4) is 16.9 Å². The van der Waals surface area contributed by atoms with E-state index in [-0.39, 0.29) is 5.56 Å². The van der Waals surface area contributed by atoms with Crippen molar-refractivity contribution < 1.29 is 0 Å². The van der Waals surface area contributed by atoms with Crippen LogP contribution in [0.1, 0.15) is 44.3 Å². The van der Waals surface area contributed by atoms with E-state index >= 15 is 0 Å². The molecule has 2 atom stereocenters. The van der Waals surface area contributed by atoms with Crippen LogP contribution in [0.4, 0.5) is 5.69 Å². The van der Waals surface area contributed by atoms with Gasteiger partial charge in [-0.1, -0.05) is 61.7 Å². The van der Waals surface area contributed by atoms with Gasteiger partial charge in [-0.15, -0.1) is 11.3 Å². The zero-order valence-electron chi connectivity index (χ0n) is 19.7. The highest BCUT2D eigenvalue weighted by atomic mass is 35.5. The summed E-state index contributed by atoms with van der Waals surface area (Å²) in [6, 6.07) is 18.1. The summed E-state index contributed by atoms with van der Waals surface area (Å²) >= 11 is 7.76. The van der Waals surface area contributed by atoms with Crippen LogP contribution in [-0.2, 0) is 7.05 Å². The number of aromatic nitrogens is 3. The number of thiazole rings is 1. The molecule has 0 radical (unpaired) electrons. The van der Waals surface area contributed by atoms with E-state index in [1.165, 1.54) is 19.3 Å². The molecular weight excluding hydrogens is 464 g/mol. The van der Waals surface area contributed by atoms with Crippen LogP contribution in [0.5, 0.6) is 0 Å². The largest absolute Gasteiger partial charge is 0.313 e. The van der Waals surface area contributed by atoms with Gasteiger partial charge in [0.1, 0.15) is 0 Å². The summed E-state index contributed by atoms with van der Waals surface area (Å²) in [6.07, 6.45) is 4.80. The maximum Gasteiger partial charge on any atom is 0.297 e. The van der Waals surface area contributed by atoms with Crippen LogP contribution in [-0.4, -0.2) is 13.9 Å². The molecule has 5 rings (SSSR count). The van der Waals surface area contributed by atoms with E-state index in [1.807, 2.05) is 61.1 Å². The molecule has 1 saturated carbocycles. The average Bonchev–Trinajstić information content (AvgIpc) is 3.35. The molecule has 2 aromatic heterocycles. The third-order valence-electron chi connectivity index (χ3n) is 7.01. The van der Waals surface area contributed by atoms with Crippen LogP contribution in [0.3, 0.4) is 0 Å². The van der Waals surface area contributed by atoms with E-state index in [0.717, 1.165) is 38.9 Å². The number of halogens is 1. The second-order valence-corrected chi connectivity index (χ2v) is 10.4. The molecule has 2 unspecified atom stereocenters. The standard InChI is InChI=1S/C27H29ClN4OS/c1-18-9-7-8-12-23(18)31-24(20-13-15-21(28)16-14-20)17-34-27(31)29-25-19(2)30(3)32(26(25)33)22-10-5-4-6-11-22/h4-6,10-11,13-18,23H,7-9,12H2,1-3H3. The van der Waals surface area contributed by atoms with Gasteiger partial charge in [0.15, 0.2) is 10.5 Å². The molecule has 1 fully saturated rings. The molecule has 34 heavy (non-hydrogen) atoms. The summed E-state index contributed by atoms with van der Waals surface area (Å²) in [6.45, 7) is 4.29. The fraction of sp³-hybridized carbons (Fsp3) is 0.333. The lowest BCUT2D eigenvalue weighted by atomic mass is 9.85. The van der Waals surface area contributed by atoms with Crippen molar-refractivity contribution in [1.29, 1.82) is 0 Å². The van der Waals surface area contributed by atoms with Gasteiger partial charge in [0.2, 0.25) is 0 Å². The zero-order chi connectivity index (χ0) is 23.8. The fourth-order valence-electron chi connectivity index (χ4n) is 5.01. The predicted octanol–water partition coefficient (Wildman–Crippen LogP) is 6.65. The van der Waals surface area contributed by atoms with Crippen LogP contribution in [0, 0.1) is 12.8 Å². The molecule has 0 aliphatic heterocycles. The molecule has 2 aromatic carbocycles. The second kappa shape index (κ2) is 9.43. The van der Waals surface area contributed by atoms with Gasteiger partial charge in [-0.25, -0.2) is 9.67 Å². The summed E-state index contributed by atoms with van der Waals surface area (Å²) in [7, 11) is 1.91. The first kappa shape index (κ1) is 22.9. The first-order valence-electron chi connectivity index (χ1n) is 11.8. The highest BCUT2D eigenvalue weighted by molar-refractivity contribution is 7.07. The molecule has 4 aromatic rings. The van der Waals surface area contributed by atoms with Crippen molar-refractivity contribution in [2.75, 3.05) is 0 Å². The minimum atomic E-state index is -0.101. The Morgan fingerprint density at radius 2 is 1.74 bits per heavy atom. The highest BCUT2D eigenvalue weighted by Crippen LogP contribution is 2.36. The summed E-state index contributed by atoms with van der Waals surface area (Å²) in [5.74, 6) is 0.547. The molecule has 176 valence electrons. The normalized spacial score (nSPS) is 19.0. The first-order valence-corrected chi connectivity index (χ1v) is 13.1. The number of para-hydroxylation sites is 1. The maximum absolute atomic E-state index is 13.5. The van der Waals surface area contributed by atoms with Gasteiger partial charge >= 0.3 is 0 Å². The number of hydrogen-bond donors (Lipinski definition) is 0. The average molecular weight is 493 g/mol. The van der Waals surface area contributed by atoms with Gasteiger partial charge < -0.3 is 4.57 Å². The van der Waals surface area contributed by atoms with Crippen molar-refractivity contribution >= 4 is 28.6 Å². The Labute approximate surface area is 208 Å². The molecule has 2 heterocycles. The molecule has 1 aliphatic rings. The lowest BCUT2D eigenvalue weighted by Gasteiger charge is -2.31. The monoisotopic (exact) mass is 492 g/mol. The summed E-state index contributed by atoms with van der Waals surface area (Å²) in [5.41, 5.74) is 4.33. The minimum absolute atomic E-state index is 0.101. The molecule has 0 bridgehead atoms. The summed E-state index contributed by atoms with van der Waals surface area (Å²) in [5, 5.41) is 2.89. The lowest BCUT2D eigenvalue weighted by molar-refractivity contribution is 0.255. The number of nitrogens with zero attached hydrogens (tertiary/aromatic N) is 4. The lowest BCUT2D eigenvalue weighted by Crippen LogP contribution is -2.29. The quantitative estimate of drug-likeness (QED) is 0.314. The number of rotatable bonds is 4. The molecule has 0 amide bonds. The van der Waals surface area contributed by atoms with Crippen LogP contribution in [0.15, 0.2) is 69.8 Å². The van der Waals surface area contributed by atoms with Gasteiger partial charge in [0, 0.05) is 23.5 Å². The van der Waals surface area contributed by atoms with Gasteiger partial charge in [-0.05, 0) is 55.5 Å². The third-order valence-corrected chi connectivity index (χ3v) is 8.10. The first-order chi connectivity index (χ1) is 16.5. The van der Waals surface area contributed by atoms with Crippen molar-refractivity contribution in [3.63, 3.8) is 0 Å². The summed E-state index contributed by atoms with van der Waals surface area (Å²) in [4.78, 5) is 19.4. The molecule has 7 heteroatoms. The molecule has 0 saturated heterocycles. The molecule has 1 aliphatic carbocycles. The van der Waals surface area contributed by atoms with Crippen molar-refractivity contribution in [2.45, 2.75) is 45.6 Å². The molecule has 5 nitrogen and oxygen atoms in total. The van der Waals surface area contributed by atoms with Crippen molar-refractivity contribution in [2.24, 2.45) is 18.0 Å². The van der Waals surface area contributed by atoms with Crippen LogP contribution in [0.25, 0.3) is 16.9 Å². The third kappa shape index (κ3) is 4.10. The Kier molecular flexibility index (Phi) is 6.36. The Hall–Kier alpha value is -2.83. The topological polar surface area (TPSA) is 44.2 Å². The van der Waals surface area contributed by atoms with Gasteiger partial charge in [-0.3, -0.25) is 9.48 Å². The number of benzene rings is 2. The zero-order valence-corrected chi connectivity index (χ0v) is 21.3. The minimum Gasteiger partial charge on any atom is -0.313 e. The fourth-order valence-corrected chi connectivity index (χ4v) is 6.10.